The van der Waals surface area contributed by atoms with Crippen molar-refractivity contribution >= 4 is 27.7 Å². The molecule has 6 heteroatoms. The zero-order chi connectivity index (χ0) is 18.0. The average molecular weight is 409 g/mol. The maximum atomic E-state index is 13.6. The molecule has 2 aliphatic rings. The standard InChI is InChI=1S/C19H22BrFN2O2/c1-2-17(24)23-9-7-13(8-10-23)18(25)22-19(11-16(21)12-19)14-3-5-15(20)6-4-14/h2-6,13,16H,1,7-12H2,(H,22,25). The third kappa shape index (κ3) is 3.78. The van der Waals surface area contributed by atoms with E-state index in [1.165, 1.54) is 6.08 Å². The first-order chi connectivity index (χ1) is 11.9. The maximum absolute atomic E-state index is 13.6. The van der Waals surface area contributed by atoms with Crippen LogP contribution in [0.2, 0.25) is 0 Å². The lowest BCUT2D eigenvalue weighted by molar-refractivity contribution is -0.134. The van der Waals surface area contributed by atoms with Crippen molar-refractivity contribution in [2.75, 3.05) is 13.1 Å². The summed E-state index contributed by atoms with van der Waals surface area (Å²) in [6, 6.07) is 7.69. The number of likely N-dealkylation sites (tertiary alicyclic amines) is 1. The molecule has 1 aromatic rings. The van der Waals surface area contributed by atoms with E-state index in [9.17, 15) is 14.0 Å². The molecular formula is C19H22BrFN2O2. The first-order valence-corrected chi connectivity index (χ1v) is 9.36. The molecule has 2 fully saturated rings. The third-order valence-electron chi connectivity index (χ3n) is 5.25. The highest BCUT2D eigenvalue weighted by molar-refractivity contribution is 9.10. The van der Waals surface area contributed by atoms with E-state index in [0.717, 1.165) is 10.0 Å². The summed E-state index contributed by atoms with van der Waals surface area (Å²) in [7, 11) is 0. The third-order valence-corrected chi connectivity index (χ3v) is 5.78. The Morgan fingerprint density at radius 1 is 1.24 bits per heavy atom. The molecule has 1 N–H and O–H groups in total. The molecule has 1 saturated heterocycles. The van der Waals surface area contributed by atoms with Crippen LogP contribution in [-0.4, -0.2) is 36.0 Å². The van der Waals surface area contributed by atoms with Gasteiger partial charge in [0.05, 0.1) is 5.54 Å². The smallest absolute Gasteiger partial charge is 0.245 e. The lowest BCUT2D eigenvalue weighted by Crippen LogP contribution is -2.57. The van der Waals surface area contributed by atoms with Crippen molar-refractivity contribution in [1.82, 2.24) is 10.2 Å². The van der Waals surface area contributed by atoms with Crippen LogP contribution in [-0.2, 0) is 15.1 Å². The highest BCUT2D eigenvalue weighted by Crippen LogP contribution is 2.44. The minimum Gasteiger partial charge on any atom is -0.346 e. The van der Waals surface area contributed by atoms with Crippen molar-refractivity contribution in [2.45, 2.75) is 37.4 Å². The van der Waals surface area contributed by atoms with E-state index >= 15 is 0 Å². The van der Waals surface area contributed by atoms with Gasteiger partial charge in [-0.3, -0.25) is 9.59 Å². The number of benzene rings is 1. The lowest BCUT2D eigenvalue weighted by Gasteiger charge is -2.46. The monoisotopic (exact) mass is 408 g/mol. The predicted molar refractivity (Wildman–Crippen MR) is 97.6 cm³/mol. The van der Waals surface area contributed by atoms with Gasteiger partial charge < -0.3 is 10.2 Å². The summed E-state index contributed by atoms with van der Waals surface area (Å²) in [4.78, 5) is 26.1. The Morgan fingerprint density at radius 3 is 2.36 bits per heavy atom. The molecule has 0 aromatic heterocycles. The van der Waals surface area contributed by atoms with Crippen molar-refractivity contribution < 1.29 is 14.0 Å². The van der Waals surface area contributed by atoms with Gasteiger partial charge in [0.2, 0.25) is 11.8 Å². The number of hydrogen-bond acceptors (Lipinski definition) is 2. The number of rotatable bonds is 4. The fourth-order valence-electron chi connectivity index (χ4n) is 3.70. The van der Waals surface area contributed by atoms with Crippen LogP contribution in [0.4, 0.5) is 4.39 Å². The Balaban J connectivity index is 1.65. The topological polar surface area (TPSA) is 49.4 Å². The molecule has 0 unspecified atom stereocenters. The molecule has 1 saturated carbocycles. The molecule has 0 atom stereocenters. The summed E-state index contributed by atoms with van der Waals surface area (Å²) in [5, 5.41) is 3.11. The molecule has 3 rings (SSSR count). The fraction of sp³-hybridized carbons (Fsp3) is 0.474. The maximum Gasteiger partial charge on any atom is 0.245 e. The van der Waals surface area contributed by atoms with Crippen molar-refractivity contribution in [3.63, 3.8) is 0 Å². The molecule has 0 radical (unpaired) electrons. The van der Waals surface area contributed by atoms with Gasteiger partial charge in [-0.15, -0.1) is 0 Å². The van der Waals surface area contributed by atoms with Crippen LogP contribution >= 0.6 is 15.9 Å². The quantitative estimate of drug-likeness (QED) is 0.776. The molecule has 1 heterocycles. The van der Waals surface area contributed by atoms with Crippen molar-refractivity contribution in [3.05, 3.63) is 47.0 Å². The largest absolute Gasteiger partial charge is 0.346 e. The number of nitrogens with zero attached hydrogens (tertiary/aromatic N) is 1. The molecule has 1 aromatic carbocycles. The average Bonchev–Trinajstić information content (AvgIpc) is 2.60. The number of nitrogens with one attached hydrogen (secondary N) is 1. The Kier molecular flexibility index (Phi) is 5.27. The Morgan fingerprint density at radius 2 is 1.84 bits per heavy atom. The van der Waals surface area contributed by atoms with Crippen LogP contribution in [0, 0.1) is 5.92 Å². The summed E-state index contributed by atoms with van der Waals surface area (Å²) in [5.74, 6) is -0.273. The molecule has 1 aliphatic heterocycles. The van der Waals surface area contributed by atoms with Gasteiger partial charge in [-0.2, -0.15) is 0 Å². The normalized spacial score (nSPS) is 26.6. The SMILES string of the molecule is C=CC(=O)N1CCC(C(=O)NC2(c3ccc(Br)cc3)CC(F)C2)CC1. The van der Waals surface area contributed by atoms with Gasteiger partial charge in [0.1, 0.15) is 6.17 Å². The van der Waals surface area contributed by atoms with Gasteiger partial charge in [0.15, 0.2) is 0 Å². The van der Waals surface area contributed by atoms with E-state index in [-0.39, 0.29) is 17.7 Å². The van der Waals surface area contributed by atoms with E-state index in [0.29, 0.717) is 38.8 Å². The van der Waals surface area contributed by atoms with Crippen LogP contribution in [0.15, 0.2) is 41.4 Å². The van der Waals surface area contributed by atoms with Crippen molar-refractivity contribution in [3.8, 4) is 0 Å². The van der Waals surface area contributed by atoms with Gasteiger partial charge in [-0.05, 0) is 36.6 Å². The number of amides is 2. The molecule has 134 valence electrons. The molecule has 0 spiro atoms. The van der Waals surface area contributed by atoms with E-state index in [4.69, 9.17) is 0 Å². The van der Waals surface area contributed by atoms with Crippen LogP contribution in [0.3, 0.4) is 0 Å². The summed E-state index contributed by atoms with van der Waals surface area (Å²) < 4.78 is 14.6. The van der Waals surface area contributed by atoms with Gasteiger partial charge in [0, 0.05) is 36.3 Å². The lowest BCUT2D eigenvalue weighted by atomic mass is 9.70. The first kappa shape index (κ1) is 18.1. The zero-order valence-electron chi connectivity index (χ0n) is 14.0. The van der Waals surface area contributed by atoms with Crippen molar-refractivity contribution in [1.29, 1.82) is 0 Å². The zero-order valence-corrected chi connectivity index (χ0v) is 15.6. The van der Waals surface area contributed by atoms with Crippen LogP contribution in [0.5, 0.6) is 0 Å². The van der Waals surface area contributed by atoms with Gasteiger partial charge in [-0.25, -0.2) is 4.39 Å². The predicted octanol–water partition coefficient (Wildman–Crippen LogP) is 3.32. The second-order valence-corrected chi connectivity index (χ2v) is 7.80. The number of carbonyl (C=O) groups excluding carboxylic acids is 2. The van der Waals surface area contributed by atoms with Gasteiger partial charge in [0.25, 0.3) is 0 Å². The van der Waals surface area contributed by atoms with E-state index < -0.39 is 11.7 Å². The highest BCUT2D eigenvalue weighted by Gasteiger charge is 2.48. The summed E-state index contributed by atoms with van der Waals surface area (Å²) in [6.45, 7) is 4.61. The number of carbonyl (C=O) groups is 2. The molecule has 4 nitrogen and oxygen atoms in total. The van der Waals surface area contributed by atoms with E-state index in [1.807, 2.05) is 24.3 Å². The minimum atomic E-state index is -0.879. The van der Waals surface area contributed by atoms with Gasteiger partial charge in [-0.1, -0.05) is 34.6 Å². The highest BCUT2D eigenvalue weighted by atomic mass is 79.9. The van der Waals surface area contributed by atoms with E-state index in [2.05, 4.69) is 27.8 Å². The Bertz CT molecular complexity index is 663. The Hall–Kier alpha value is -1.69. The fourth-order valence-corrected chi connectivity index (χ4v) is 3.97. The molecular weight excluding hydrogens is 387 g/mol. The number of halogens is 2. The summed E-state index contributed by atoms with van der Waals surface area (Å²) >= 11 is 3.40. The number of hydrogen-bond donors (Lipinski definition) is 1. The summed E-state index contributed by atoms with van der Waals surface area (Å²) in [5.41, 5.74) is 0.336. The van der Waals surface area contributed by atoms with E-state index in [1.54, 1.807) is 4.90 Å². The number of piperidine rings is 1. The van der Waals surface area contributed by atoms with Crippen LogP contribution in [0.1, 0.15) is 31.2 Å². The summed E-state index contributed by atoms with van der Waals surface area (Å²) in [6.07, 6.45) is 2.30. The second-order valence-electron chi connectivity index (χ2n) is 6.89. The minimum absolute atomic E-state index is 0.0412. The number of alkyl halides is 1. The Labute approximate surface area is 155 Å². The molecule has 0 bridgehead atoms. The molecule has 2 amide bonds. The first-order valence-electron chi connectivity index (χ1n) is 8.57. The van der Waals surface area contributed by atoms with Crippen LogP contribution in [0.25, 0.3) is 0 Å². The molecule has 25 heavy (non-hydrogen) atoms. The van der Waals surface area contributed by atoms with Crippen LogP contribution < -0.4 is 5.32 Å². The second kappa shape index (κ2) is 7.28. The van der Waals surface area contributed by atoms with Gasteiger partial charge >= 0.3 is 0 Å². The van der Waals surface area contributed by atoms with Crippen molar-refractivity contribution in [2.24, 2.45) is 5.92 Å². The molecule has 1 aliphatic carbocycles.